The Morgan fingerprint density at radius 2 is 1.75 bits per heavy atom. The Kier molecular flexibility index (Phi) is 7.32. The molecular weight excluding hydrogens is 499 g/mol. The van der Waals surface area contributed by atoms with Gasteiger partial charge in [-0.25, -0.2) is 9.78 Å². The van der Waals surface area contributed by atoms with E-state index in [0.29, 0.717) is 28.3 Å². The fourth-order valence-electron chi connectivity index (χ4n) is 4.44. The van der Waals surface area contributed by atoms with E-state index in [2.05, 4.69) is 14.9 Å². The number of nitrogens with two attached hydrogens (primary N) is 1. The zero-order valence-corrected chi connectivity index (χ0v) is 21.1. The molecule has 9 heteroatoms. The third-order valence-corrected chi connectivity index (χ3v) is 7.12. The Morgan fingerprint density at radius 1 is 1.00 bits per heavy atom. The van der Waals surface area contributed by atoms with Gasteiger partial charge in [-0.15, -0.1) is 0 Å². The van der Waals surface area contributed by atoms with Gasteiger partial charge < -0.3 is 20.2 Å². The summed E-state index contributed by atoms with van der Waals surface area (Å²) in [6.07, 6.45) is 1.35. The molecule has 0 atom stereocenters. The molecule has 4 aromatic rings. The molecule has 0 unspecified atom stereocenters. The predicted molar refractivity (Wildman–Crippen MR) is 142 cm³/mol. The van der Waals surface area contributed by atoms with Crippen LogP contribution in [0.2, 0.25) is 10.0 Å². The fraction of sp³-hybridized carbons (Fsp3) is 0.259. The van der Waals surface area contributed by atoms with Crippen LogP contribution in [0.4, 0.5) is 4.79 Å². The summed E-state index contributed by atoms with van der Waals surface area (Å²) in [7, 11) is 0. The molecule has 0 aliphatic carbocycles. The number of ether oxygens (including phenoxy) is 2. The van der Waals surface area contributed by atoms with Gasteiger partial charge in [0, 0.05) is 18.2 Å². The maximum Gasteiger partial charge on any atom is 0.409 e. The summed E-state index contributed by atoms with van der Waals surface area (Å²) in [5.74, 6) is 2.46. The quantitative estimate of drug-likeness (QED) is 0.296. The summed E-state index contributed by atoms with van der Waals surface area (Å²) in [5, 5.41) is 1.19. The molecule has 3 N–H and O–H groups in total. The van der Waals surface area contributed by atoms with Gasteiger partial charge in [0.1, 0.15) is 17.3 Å². The van der Waals surface area contributed by atoms with Crippen LogP contribution in [0.15, 0.2) is 60.7 Å². The first-order valence-corrected chi connectivity index (χ1v) is 12.5. The van der Waals surface area contributed by atoms with Crippen molar-refractivity contribution in [1.29, 1.82) is 0 Å². The smallest absolute Gasteiger partial charge is 0.409 e. The van der Waals surface area contributed by atoms with E-state index in [-0.39, 0.29) is 0 Å². The van der Waals surface area contributed by atoms with Crippen molar-refractivity contribution in [3.05, 3.63) is 76.3 Å². The molecule has 1 amide bonds. The Balaban J connectivity index is 1.12. The van der Waals surface area contributed by atoms with Crippen molar-refractivity contribution >= 4 is 40.3 Å². The number of imidazole rings is 1. The fourth-order valence-corrected chi connectivity index (χ4v) is 4.76. The minimum absolute atomic E-state index is 0.370. The average molecular weight is 525 g/mol. The molecule has 1 aliphatic rings. The lowest BCUT2D eigenvalue weighted by Crippen LogP contribution is -2.35. The van der Waals surface area contributed by atoms with Crippen LogP contribution >= 0.6 is 23.2 Å². The maximum absolute atomic E-state index is 11.0. The van der Waals surface area contributed by atoms with E-state index in [9.17, 15) is 4.79 Å². The second-order valence-electron chi connectivity index (χ2n) is 8.99. The average Bonchev–Trinajstić information content (AvgIpc) is 3.29. The van der Waals surface area contributed by atoms with Gasteiger partial charge in [0.15, 0.2) is 0 Å². The molecule has 0 spiro atoms. The number of rotatable bonds is 7. The number of amides is 1. The number of carbonyl (C=O) groups excluding carboxylic acids is 1. The number of aromatic amines is 1. The van der Waals surface area contributed by atoms with Gasteiger partial charge in [-0.2, -0.15) is 0 Å². The van der Waals surface area contributed by atoms with Gasteiger partial charge in [0.2, 0.25) is 0 Å². The van der Waals surface area contributed by atoms with Crippen molar-refractivity contribution in [2.24, 2.45) is 11.7 Å². The van der Waals surface area contributed by atoms with Crippen LogP contribution in [-0.2, 0) is 6.54 Å². The number of halogens is 2. The SMILES string of the molecule is NC(=O)Oc1ccc2nc(-c3ccc(OCC4CCN(Cc5ccc(Cl)c(Cl)c5)CC4)cc3)[nH]c2c1. The molecule has 0 bridgehead atoms. The van der Waals surface area contributed by atoms with Crippen molar-refractivity contribution in [2.45, 2.75) is 19.4 Å². The highest BCUT2D eigenvalue weighted by Gasteiger charge is 2.20. The lowest BCUT2D eigenvalue weighted by atomic mass is 9.97. The third-order valence-electron chi connectivity index (χ3n) is 6.38. The Labute approximate surface area is 219 Å². The number of carbonyl (C=O) groups is 1. The molecule has 1 fully saturated rings. The number of nitrogens with zero attached hydrogens (tertiary/aromatic N) is 2. The van der Waals surface area contributed by atoms with Crippen LogP contribution in [0.3, 0.4) is 0 Å². The van der Waals surface area contributed by atoms with E-state index in [4.69, 9.17) is 38.4 Å². The molecule has 36 heavy (non-hydrogen) atoms. The van der Waals surface area contributed by atoms with Crippen LogP contribution in [0.5, 0.6) is 11.5 Å². The maximum atomic E-state index is 11.0. The number of nitrogens with one attached hydrogen (secondary N) is 1. The van der Waals surface area contributed by atoms with Crippen molar-refractivity contribution in [3.8, 4) is 22.9 Å². The van der Waals surface area contributed by atoms with E-state index >= 15 is 0 Å². The first kappa shape index (κ1) is 24.4. The topological polar surface area (TPSA) is 93.5 Å². The highest BCUT2D eigenvalue weighted by Crippen LogP contribution is 2.27. The molecule has 1 saturated heterocycles. The molecule has 0 saturated carbocycles. The number of hydrogen-bond acceptors (Lipinski definition) is 5. The zero-order chi connectivity index (χ0) is 25.1. The highest BCUT2D eigenvalue weighted by atomic mass is 35.5. The summed E-state index contributed by atoms with van der Waals surface area (Å²) in [4.78, 5) is 21.3. The van der Waals surface area contributed by atoms with Gasteiger partial charge in [0.25, 0.3) is 0 Å². The monoisotopic (exact) mass is 524 g/mol. The summed E-state index contributed by atoms with van der Waals surface area (Å²) < 4.78 is 11.0. The van der Waals surface area contributed by atoms with Crippen LogP contribution < -0.4 is 15.2 Å². The summed E-state index contributed by atoms with van der Waals surface area (Å²) in [6, 6.07) is 18.9. The molecule has 5 rings (SSSR count). The van der Waals surface area contributed by atoms with Crippen LogP contribution in [0.25, 0.3) is 22.4 Å². The largest absolute Gasteiger partial charge is 0.493 e. The van der Waals surface area contributed by atoms with Crippen molar-refractivity contribution in [1.82, 2.24) is 14.9 Å². The molecule has 3 aromatic carbocycles. The van der Waals surface area contributed by atoms with Crippen LogP contribution in [0, 0.1) is 5.92 Å². The molecule has 2 heterocycles. The first-order valence-electron chi connectivity index (χ1n) is 11.8. The number of piperidine rings is 1. The van der Waals surface area contributed by atoms with Crippen molar-refractivity contribution < 1.29 is 14.3 Å². The second-order valence-corrected chi connectivity index (χ2v) is 9.80. The molecular formula is C27H26Cl2N4O3. The minimum atomic E-state index is -0.849. The second kappa shape index (κ2) is 10.8. The molecule has 0 radical (unpaired) electrons. The number of hydrogen-bond donors (Lipinski definition) is 2. The van der Waals surface area contributed by atoms with Crippen molar-refractivity contribution in [2.75, 3.05) is 19.7 Å². The van der Waals surface area contributed by atoms with Gasteiger partial charge in [-0.3, -0.25) is 4.90 Å². The lowest BCUT2D eigenvalue weighted by molar-refractivity contribution is 0.137. The molecule has 1 aromatic heterocycles. The Hall–Kier alpha value is -3.26. The first-order chi connectivity index (χ1) is 17.4. The minimum Gasteiger partial charge on any atom is -0.493 e. The summed E-state index contributed by atoms with van der Waals surface area (Å²) in [5.41, 5.74) is 8.74. The highest BCUT2D eigenvalue weighted by molar-refractivity contribution is 6.42. The van der Waals surface area contributed by atoms with Gasteiger partial charge in [-0.05, 0) is 85.9 Å². The van der Waals surface area contributed by atoms with Crippen LogP contribution in [0.1, 0.15) is 18.4 Å². The normalized spacial score (nSPS) is 14.7. The molecule has 186 valence electrons. The van der Waals surface area contributed by atoms with E-state index < -0.39 is 6.09 Å². The number of fused-ring (bicyclic) bond motifs is 1. The zero-order valence-electron chi connectivity index (χ0n) is 19.5. The van der Waals surface area contributed by atoms with Crippen LogP contribution in [-0.4, -0.2) is 40.7 Å². The lowest BCUT2D eigenvalue weighted by Gasteiger charge is -2.31. The van der Waals surface area contributed by atoms with E-state index in [1.54, 1.807) is 18.2 Å². The van der Waals surface area contributed by atoms with Gasteiger partial charge in [0.05, 0.1) is 27.7 Å². The number of H-pyrrole nitrogens is 1. The van der Waals surface area contributed by atoms with E-state index in [1.165, 1.54) is 5.56 Å². The van der Waals surface area contributed by atoms with Crippen molar-refractivity contribution in [3.63, 3.8) is 0 Å². The number of benzene rings is 3. The summed E-state index contributed by atoms with van der Waals surface area (Å²) >= 11 is 12.2. The standard InChI is InChI=1S/C27H26Cl2N4O3/c28-22-7-1-18(13-23(22)29)15-33-11-9-17(10-12-33)16-35-20-4-2-19(3-5-20)26-31-24-8-6-21(36-27(30)34)14-25(24)32-26/h1-8,13-14,17H,9-12,15-16H2,(H2,30,34)(H,31,32). The third kappa shape index (κ3) is 5.93. The number of likely N-dealkylation sites (tertiary alicyclic amines) is 1. The number of primary amides is 1. The Morgan fingerprint density at radius 3 is 2.47 bits per heavy atom. The van der Waals surface area contributed by atoms with E-state index in [0.717, 1.165) is 60.6 Å². The summed E-state index contributed by atoms with van der Waals surface area (Å²) in [6.45, 7) is 3.65. The molecule has 1 aliphatic heterocycles. The number of aromatic nitrogens is 2. The molecule has 7 nitrogen and oxygen atoms in total. The Bertz CT molecular complexity index is 1370. The van der Waals surface area contributed by atoms with Gasteiger partial charge in [-0.1, -0.05) is 29.3 Å². The van der Waals surface area contributed by atoms with Gasteiger partial charge >= 0.3 is 6.09 Å². The predicted octanol–water partition coefficient (Wildman–Crippen LogP) is 6.29. The van der Waals surface area contributed by atoms with E-state index in [1.807, 2.05) is 42.5 Å².